The fraction of sp³-hybridized carbons (Fsp3) is 0.500. The molecule has 1 aromatic carbocycles. The monoisotopic (exact) mass is 245 g/mol. The fourth-order valence-electron chi connectivity index (χ4n) is 1.36. The maximum Gasteiger partial charge on any atom is 0.253 e. The SMILES string of the molecule is COc1ccc(CNC(C)C(F)F)c(OC)c1. The molecule has 0 saturated carbocycles. The van der Waals surface area contributed by atoms with Crippen molar-refractivity contribution in [3.05, 3.63) is 23.8 Å². The van der Waals surface area contributed by atoms with E-state index in [0.29, 0.717) is 18.0 Å². The predicted molar refractivity (Wildman–Crippen MR) is 61.9 cm³/mol. The van der Waals surface area contributed by atoms with Crippen LogP contribution in [-0.2, 0) is 6.54 Å². The maximum absolute atomic E-state index is 12.3. The molecule has 96 valence electrons. The van der Waals surface area contributed by atoms with E-state index in [1.807, 2.05) is 0 Å². The summed E-state index contributed by atoms with van der Waals surface area (Å²) in [7, 11) is 3.10. The van der Waals surface area contributed by atoms with Gasteiger partial charge in [0.05, 0.1) is 20.3 Å². The van der Waals surface area contributed by atoms with E-state index >= 15 is 0 Å². The van der Waals surface area contributed by atoms with E-state index in [4.69, 9.17) is 9.47 Å². The van der Waals surface area contributed by atoms with Gasteiger partial charge in [-0.3, -0.25) is 0 Å². The van der Waals surface area contributed by atoms with E-state index < -0.39 is 12.5 Å². The molecule has 0 aromatic heterocycles. The topological polar surface area (TPSA) is 30.5 Å². The van der Waals surface area contributed by atoms with Gasteiger partial charge in [-0.15, -0.1) is 0 Å². The van der Waals surface area contributed by atoms with Crippen molar-refractivity contribution in [2.75, 3.05) is 14.2 Å². The summed E-state index contributed by atoms with van der Waals surface area (Å²) in [5.41, 5.74) is 0.820. The van der Waals surface area contributed by atoms with Crippen LogP contribution in [0.25, 0.3) is 0 Å². The van der Waals surface area contributed by atoms with Crippen molar-refractivity contribution in [2.45, 2.75) is 25.9 Å². The molecule has 0 fully saturated rings. The summed E-state index contributed by atoms with van der Waals surface area (Å²) in [4.78, 5) is 0. The van der Waals surface area contributed by atoms with Gasteiger partial charge in [-0.2, -0.15) is 0 Å². The normalized spacial score (nSPS) is 12.6. The quantitative estimate of drug-likeness (QED) is 0.835. The average molecular weight is 245 g/mol. The Balaban J connectivity index is 2.70. The average Bonchev–Trinajstić information content (AvgIpc) is 2.35. The van der Waals surface area contributed by atoms with Crippen LogP contribution in [0.2, 0.25) is 0 Å². The second kappa shape index (κ2) is 6.39. The smallest absolute Gasteiger partial charge is 0.253 e. The molecule has 0 aliphatic rings. The molecule has 17 heavy (non-hydrogen) atoms. The van der Waals surface area contributed by atoms with E-state index in [1.54, 1.807) is 25.3 Å². The number of benzene rings is 1. The number of hydrogen-bond acceptors (Lipinski definition) is 3. The highest BCUT2D eigenvalue weighted by Crippen LogP contribution is 2.24. The zero-order valence-corrected chi connectivity index (χ0v) is 10.2. The Bertz CT molecular complexity index is 358. The van der Waals surface area contributed by atoms with Gasteiger partial charge in [-0.05, 0) is 13.0 Å². The zero-order chi connectivity index (χ0) is 12.8. The second-order valence-corrected chi connectivity index (χ2v) is 3.68. The first-order chi connectivity index (χ1) is 8.08. The summed E-state index contributed by atoms with van der Waals surface area (Å²) in [6.45, 7) is 1.78. The third-order valence-electron chi connectivity index (χ3n) is 2.49. The van der Waals surface area contributed by atoms with Crippen molar-refractivity contribution in [3.63, 3.8) is 0 Å². The van der Waals surface area contributed by atoms with Crippen LogP contribution in [0.5, 0.6) is 11.5 Å². The first kappa shape index (κ1) is 13.7. The van der Waals surface area contributed by atoms with E-state index in [1.165, 1.54) is 14.0 Å². The van der Waals surface area contributed by atoms with Crippen molar-refractivity contribution in [2.24, 2.45) is 0 Å². The van der Waals surface area contributed by atoms with Gasteiger partial charge >= 0.3 is 0 Å². The first-order valence-electron chi connectivity index (χ1n) is 5.31. The lowest BCUT2D eigenvalue weighted by molar-refractivity contribution is 0.105. The fourth-order valence-corrected chi connectivity index (χ4v) is 1.36. The summed E-state index contributed by atoms with van der Waals surface area (Å²) in [5, 5.41) is 2.74. The third kappa shape index (κ3) is 3.85. The molecule has 1 atom stereocenters. The number of ether oxygens (including phenoxy) is 2. The number of nitrogens with one attached hydrogen (secondary N) is 1. The minimum atomic E-state index is -2.38. The Morgan fingerprint density at radius 2 is 1.94 bits per heavy atom. The van der Waals surface area contributed by atoms with Gasteiger partial charge in [0.25, 0.3) is 6.43 Å². The number of methoxy groups -OCH3 is 2. The van der Waals surface area contributed by atoms with Crippen LogP contribution in [-0.4, -0.2) is 26.7 Å². The molecule has 0 saturated heterocycles. The van der Waals surface area contributed by atoms with Gasteiger partial charge in [-0.25, -0.2) is 8.78 Å². The maximum atomic E-state index is 12.3. The summed E-state index contributed by atoms with van der Waals surface area (Å²) >= 11 is 0. The van der Waals surface area contributed by atoms with Crippen molar-refractivity contribution in [3.8, 4) is 11.5 Å². The second-order valence-electron chi connectivity index (χ2n) is 3.68. The van der Waals surface area contributed by atoms with Crippen LogP contribution in [0.15, 0.2) is 18.2 Å². The number of alkyl halides is 2. The van der Waals surface area contributed by atoms with Crippen LogP contribution in [0.3, 0.4) is 0 Å². The molecule has 1 N–H and O–H groups in total. The lowest BCUT2D eigenvalue weighted by atomic mass is 10.2. The highest BCUT2D eigenvalue weighted by Gasteiger charge is 2.14. The van der Waals surface area contributed by atoms with Gasteiger partial charge < -0.3 is 14.8 Å². The molecule has 1 unspecified atom stereocenters. The van der Waals surface area contributed by atoms with Crippen LogP contribution in [0.1, 0.15) is 12.5 Å². The van der Waals surface area contributed by atoms with Crippen LogP contribution < -0.4 is 14.8 Å². The van der Waals surface area contributed by atoms with Crippen molar-refractivity contribution >= 4 is 0 Å². The Labute approximate surface area is 99.7 Å². The molecular formula is C12H17F2NO2. The van der Waals surface area contributed by atoms with Crippen LogP contribution in [0, 0.1) is 0 Å². The minimum Gasteiger partial charge on any atom is -0.497 e. The van der Waals surface area contributed by atoms with Gasteiger partial charge in [0.15, 0.2) is 0 Å². The molecule has 0 spiro atoms. The molecule has 0 heterocycles. The van der Waals surface area contributed by atoms with Gasteiger partial charge in [-0.1, -0.05) is 6.07 Å². The summed E-state index contributed by atoms with van der Waals surface area (Å²) < 4.78 is 34.9. The van der Waals surface area contributed by atoms with Crippen LogP contribution >= 0.6 is 0 Å². The molecule has 0 aliphatic heterocycles. The van der Waals surface area contributed by atoms with E-state index in [2.05, 4.69) is 5.32 Å². The predicted octanol–water partition coefficient (Wildman–Crippen LogP) is 2.45. The Morgan fingerprint density at radius 3 is 2.47 bits per heavy atom. The van der Waals surface area contributed by atoms with Crippen molar-refractivity contribution in [1.29, 1.82) is 0 Å². The van der Waals surface area contributed by atoms with Crippen LogP contribution in [0.4, 0.5) is 8.78 Å². The molecule has 0 aliphatic carbocycles. The number of halogens is 2. The lowest BCUT2D eigenvalue weighted by Gasteiger charge is -2.15. The lowest BCUT2D eigenvalue weighted by Crippen LogP contribution is -2.32. The molecular weight excluding hydrogens is 228 g/mol. The van der Waals surface area contributed by atoms with E-state index in [9.17, 15) is 8.78 Å². The highest BCUT2D eigenvalue weighted by atomic mass is 19.3. The largest absolute Gasteiger partial charge is 0.497 e. The molecule has 1 aromatic rings. The van der Waals surface area contributed by atoms with E-state index in [-0.39, 0.29) is 0 Å². The van der Waals surface area contributed by atoms with Crippen molar-refractivity contribution in [1.82, 2.24) is 5.32 Å². The van der Waals surface area contributed by atoms with E-state index in [0.717, 1.165) is 5.56 Å². The summed E-state index contributed by atoms with van der Waals surface area (Å²) in [5.74, 6) is 1.30. The molecule has 0 bridgehead atoms. The Kier molecular flexibility index (Phi) is 5.15. The molecule has 5 heteroatoms. The summed E-state index contributed by atoms with van der Waals surface area (Å²) in [6.07, 6.45) is -2.38. The highest BCUT2D eigenvalue weighted by molar-refractivity contribution is 5.40. The third-order valence-corrected chi connectivity index (χ3v) is 2.49. The Hall–Kier alpha value is -1.36. The first-order valence-corrected chi connectivity index (χ1v) is 5.31. The molecule has 1 rings (SSSR count). The molecule has 0 radical (unpaired) electrons. The number of rotatable bonds is 6. The van der Waals surface area contributed by atoms with Gasteiger partial charge in [0.1, 0.15) is 11.5 Å². The van der Waals surface area contributed by atoms with Gasteiger partial charge in [0, 0.05) is 18.2 Å². The Morgan fingerprint density at radius 1 is 1.24 bits per heavy atom. The zero-order valence-electron chi connectivity index (χ0n) is 10.2. The molecule has 3 nitrogen and oxygen atoms in total. The van der Waals surface area contributed by atoms with Gasteiger partial charge in [0.2, 0.25) is 0 Å². The number of hydrogen-bond donors (Lipinski definition) is 1. The molecule has 0 amide bonds. The standard InChI is InChI=1S/C12H17F2NO2/c1-8(12(13)14)15-7-9-4-5-10(16-2)6-11(9)17-3/h4-6,8,12,15H,7H2,1-3H3. The minimum absolute atomic E-state index is 0.332. The summed E-state index contributed by atoms with van der Waals surface area (Å²) in [6, 6.07) is 4.45. The van der Waals surface area contributed by atoms with Crippen molar-refractivity contribution < 1.29 is 18.3 Å².